The van der Waals surface area contributed by atoms with Gasteiger partial charge in [-0.05, 0) is 29.8 Å². The largest absolute Gasteiger partial charge is 0.381 e. The molecule has 0 amide bonds. The summed E-state index contributed by atoms with van der Waals surface area (Å²) in [4.78, 5) is 5.27. The van der Waals surface area contributed by atoms with Crippen molar-refractivity contribution in [3.63, 3.8) is 0 Å². The second kappa shape index (κ2) is 5.82. The lowest BCUT2D eigenvalue weighted by Crippen LogP contribution is -2.40. The molecule has 0 aliphatic carbocycles. The van der Waals surface area contributed by atoms with E-state index in [2.05, 4.69) is 25.5 Å². The maximum atomic E-state index is 11.3. The van der Waals surface area contributed by atoms with E-state index in [1.807, 2.05) is 6.92 Å². The zero-order valence-corrected chi connectivity index (χ0v) is 12.5. The van der Waals surface area contributed by atoms with Crippen LogP contribution in [0.5, 0.6) is 0 Å². The monoisotopic (exact) mass is 319 g/mol. The average molecular weight is 320 g/mol. The van der Waals surface area contributed by atoms with Crippen LogP contribution in [-0.2, 0) is 12.1 Å². The van der Waals surface area contributed by atoms with Crippen LogP contribution in [0.4, 0.5) is 0 Å². The van der Waals surface area contributed by atoms with E-state index >= 15 is 0 Å². The van der Waals surface area contributed by atoms with Gasteiger partial charge in [-0.3, -0.25) is 0 Å². The third-order valence-electron chi connectivity index (χ3n) is 3.62. The van der Waals surface area contributed by atoms with Crippen LogP contribution in [0, 0.1) is 0 Å². The van der Waals surface area contributed by atoms with Crippen LogP contribution in [0.15, 0.2) is 43.2 Å². The summed E-state index contributed by atoms with van der Waals surface area (Å²) in [6.07, 6.45) is 4.29. The fraction of sp³-hybridized carbons (Fsp3) is 0.308. The van der Waals surface area contributed by atoms with Crippen molar-refractivity contribution in [2.75, 3.05) is 0 Å². The molecule has 0 bridgehead atoms. The first-order valence-corrected chi connectivity index (χ1v) is 7.01. The van der Waals surface area contributed by atoms with Gasteiger partial charge in [-0.1, -0.05) is 23.7 Å². The molecule has 9 heteroatoms. The number of hydrogen-bond donors (Lipinski definition) is 1. The van der Waals surface area contributed by atoms with Crippen molar-refractivity contribution in [3.05, 3.63) is 53.8 Å². The van der Waals surface area contributed by atoms with Gasteiger partial charge in [0, 0.05) is 5.02 Å². The molecule has 3 rings (SSSR count). The summed E-state index contributed by atoms with van der Waals surface area (Å²) in [7, 11) is 0. The normalized spacial score (nSPS) is 15.4. The molecule has 2 aromatic heterocycles. The SMILES string of the molecule is CC(n1ncnn1)C(O)(Cn1cncn1)c1ccc(Cl)cc1. The Morgan fingerprint density at radius 2 is 2.00 bits per heavy atom. The van der Waals surface area contributed by atoms with Gasteiger partial charge in [0.15, 0.2) is 6.33 Å². The standard InChI is InChI=1S/C13H14ClN7O/c1-10(21-18-8-16-19-21)13(22,6-20-9-15-7-17-20)11-2-4-12(14)5-3-11/h2-5,7-10,22H,6H2,1H3. The lowest BCUT2D eigenvalue weighted by atomic mass is 9.87. The van der Waals surface area contributed by atoms with Crippen molar-refractivity contribution in [2.24, 2.45) is 0 Å². The lowest BCUT2D eigenvalue weighted by Gasteiger charge is -2.33. The molecular formula is C13H14ClN7O. The number of halogens is 1. The molecule has 2 atom stereocenters. The third-order valence-corrected chi connectivity index (χ3v) is 3.87. The smallest absolute Gasteiger partial charge is 0.162 e. The Bertz CT molecular complexity index is 713. The quantitative estimate of drug-likeness (QED) is 0.756. The molecule has 1 N–H and O–H groups in total. The van der Waals surface area contributed by atoms with Gasteiger partial charge in [0.1, 0.15) is 24.3 Å². The first-order chi connectivity index (χ1) is 10.6. The molecular weight excluding hydrogens is 306 g/mol. The fourth-order valence-corrected chi connectivity index (χ4v) is 2.43. The van der Waals surface area contributed by atoms with Crippen molar-refractivity contribution >= 4 is 11.6 Å². The summed E-state index contributed by atoms with van der Waals surface area (Å²) >= 11 is 5.93. The van der Waals surface area contributed by atoms with Gasteiger partial charge < -0.3 is 5.11 Å². The summed E-state index contributed by atoms with van der Waals surface area (Å²) in [5, 5.41) is 27.6. The van der Waals surface area contributed by atoms with Gasteiger partial charge in [0.05, 0.1) is 6.54 Å². The van der Waals surface area contributed by atoms with Crippen molar-refractivity contribution in [3.8, 4) is 0 Å². The Morgan fingerprint density at radius 1 is 1.23 bits per heavy atom. The predicted molar refractivity (Wildman–Crippen MR) is 77.9 cm³/mol. The maximum absolute atomic E-state index is 11.3. The van der Waals surface area contributed by atoms with E-state index in [1.54, 1.807) is 35.3 Å². The molecule has 3 aromatic rings. The molecule has 0 saturated heterocycles. The number of aromatic nitrogens is 7. The van der Waals surface area contributed by atoms with Crippen LogP contribution >= 0.6 is 11.6 Å². The molecule has 8 nitrogen and oxygen atoms in total. The van der Waals surface area contributed by atoms with Crippen LogP contribution < -0.4 is 0 Å². The highest BCUT2D eigenvalue weighted by molar-refractivity contribution is 6.30. The maximum Gasteiger partial charge on any atom is 0.162 e. The Kier molecular flexibility index (Phi) is 3.86. The van der Waals surface area contributed by atoms with Crippen molar-refractivity contribution in [1.82, 2.24) is 35.0 Å². The van der Waals surface area contributed by atoms with E-state index in [0.717, 1.165) is 0 Å². The minimum absolute atomic E-state index is 0.192. The minimum Gasteiger partial charge on any atom is -0.381 e. The molecule has 0 aliphatic heterocycles. The summed E-state index contributed by atoms with van der Waals surface area (Å²) in [5.74, 6) is 0. The highest BCUT2D eigenvalue weighted by Crippen LogP contribution is 2.34. The molecule has 0 saturated carbocycles. The Balaban J connectivity index is 2.02. The van der Waals surface area contributed by atoms with E-state index in [9.17, 15) is 5.11 Å². The molecule has 2 unspecified atom stereocenters. The summed E-state index contributed by atoms with van der Waals surface area (Å²) in [6.45, 7) is 2.00. The minimum atomic E-state index is -1.31. The van der Waals surface area contributed by atoms with Crippen LogP contribution in [0.1, 0.15) is 18.5 Å². The van der Waals surface area contributed by atoms with Gasteiger partial charge >= 0.3 is 0 Å². The highest BCUT2D eigenvalue weighted by atomic mass is 35.5. The predicted octanol–water partition coefficient (Wildman–Crippen LogP) is 1.07. The molecule has 0 aliphatic rings. The van der Waals surface area contributed by atoms with Crippen molar-refractivity contribution in [2.45, 2.75) is 25.1 Å². The fourth-order valence-electron chi connectivity index (χ4n) is 2.31. The number of tetrazole rings is 1. The number of rotatable bonds is 5. The Hall–Kier alpha value is -2.32. The summed E-state index contributed by atoms with van der Waals surface area (Å²) < 4.78 is 1.56. The first-order valence-electron chi connectivity index (χ1n) is 6.63. The van der Waals surface area contributed by atoms with Gasteiger partial charge in [0.2, 0.25) is 0 Å². The van der Waals surface area contributed by atoms with Crippen molar-refractivity contribution < 1.29 is 5.11 Å². The second-order valence-electron chi connectivity index (χ2n) is 4.96. The van der Waals surface area contributed by atoms with Gasteiger partial charge in [0.25, 0.3) is 0 Å². The van der Waals surface area contributed by atoms with E-state index in [4.69, 9.17) is 11.6 Å². The molecule has 0 spiro atoms. The van der Waals surface area contributed by atoms with E-state index < -0.39 is 11.6 Å². The number of hydrogen-bond acceptors (Lipinski definition) is 6. The Morgan fingerprint density at radius 3 is 2.59 bits per heavy atom. The van der Waals surface area contributed by atoms with Gasteiger partial charge in [-0.25, -0.2) is 9.67 Å². The molecule has 0 fully saturated rings. The second-order valence-corrected chi connectivity index (χ2v) is 5.39. The topological polar surface area (TPSA) is 94.5 Å². The van der Waals surface area contributed by atoms with E-state index in [1.165, 1.54) is 17.5 Å². The van der Waals surface area contributed by atoms with E-state index in [-0.39, 0.29) is 6.54 Å². The summed E-state index contributed by atoms with van der Waals surface area (Å²) in [5.41, 5.74) is -0.629. The van der Waals surface area contributed by atoms with Gasteiger partial charge in [-0.15, -0.1) is 10.2 Å². The Labute approximate surface area is 131 Å². The molecule has 2 heterocycles. The zero-order chi connectivity index (χ0) is 15.6. The molecule has 0 radical (unpaired) electrons. The lowest BCUT2D eigenvalue weighted by molar-refractivity contribution is -0.0390. The molecule has 22 heavy (non-hydrogen) atoms. The average Bonchev–Trinajstić information content (AvgIpc) is 3.20. The van der Waals surface area contributed by atoms with Crippen LogP contribution in [-0.4, -0.2) is 40.1 Å². The van der Waals surface area contributed by atoms with E-state index in [0.29, 0.717) is 10.6 Å². The van der Waals surface area contributed by atoms with Gasteiger partial charge in [-0.2, -0.15) is 9.90 Å². The number of nitrogens with zero attached hydrogens (tertiary/aromatic N) is 7. The summed E-state index contributed by atoms with van der Waals surface area (Å²) in [6, 6.07) is 6.52. The van der Waals surface area contributed by atoms with Crippen LogP contribution in [0.2, 0.25) is 5.02 Å². The number of benzene rings is 1. The first kappa shape index (κ1) is 14.6. The van der Waals surface area contributed by atoms with Crippen LogP contribution in [0.25, 0.3) is 0 Å². The third kappa shape index (κ3) is 2.70. The zero-order valence-electron chi connectivity index (χ0n) is 11.8. The highest BCUT2D eigenvalue weighted by Gasteiger charge is 2.39. The number of aliphatic hydroxyl groups is 1. The van der Waals surface area contributed by atoms with Crippen molar-refractivity contribution in [1.29, 1.82) is 0 Å². The van der Waals surface area contributed by atoms with Crippen LogP contribution in [0.3, 0.4) is 0 Å². The molecule has 1 aromatic carbocycles. The molecule has 114 valence electrons.